The molecule has 0 spiro atoms. The van der Waals surface area contributed by atoms with Crippen LogP contribution in [0.4, 0.5) is 5.82 Å². The van der Waals surface area contributed by atoms with Crippen molar-refractivity contribution >= 4 is 22.6 Å². The molecule has 1 aliphatic carbocycles. The summed E-state index contributed by atoms with van der Waals surface area (Å²) in [5, 5.41) is 10.4. The maximum atomic E-state index is 12.5. The molecule has 2 aliphatic rings. The number of nitriles is 1. The number of benzene rings is 1. The third-order valence-electron chi connectivity index (χ3n) is 5.41. The van der Waals surface area contributed by atoms with Crippen LogP contribution < -0.4 is 4.90 Å². The predicted molar refractivity (Wildman–Crippen MR) is 97.2 cm³/mol. The highest BCUT2D eigenvalue weighted by molar-refractivity contribution is 5.86. The summed E-state index contributed by atoms with van der Waals surface area (Å²) in [5.41, 5.74) is 1.51. The number of carbonyl (C=O) groups is 1. The zero-order chi connectivity index (χ0) is 17.2. The Labute approximate surface area is 147 Å². The van der Waals surface area contributed by atoms with E-state index in [-0.39, 0.29) is 5.92 Å². The number of hydrogen-bond acceptors (Lipinski definition) is 4. The van der Waals surface area contributed by atoms with Gasteiger partial charge in [-0.05, 0) is 31.4 Å². The first-order valence-electron chi connectivity index (χ1n) is 9.10. The lowest BCUT2D eigenvalue weighted by Crippen LogP contribution is -2.41. The van der Waals surface area contributed by atoms with Crippen LogP contribution in [0.2, 0.25) is 0 Å². The Morgan fingerprint density at radius 3 is 2.72 bits per heavy atom. The summed E-state index contributed by atoms with van der Waals surface area (Å²) in [5.74, 6) is 1.43. The molecule has 1 amide bonds. The van der Waals surface area contributed by atoms with Crippen molar-refractivity contribution in [2.24, 2.45) is 5.92 Å². The van der Waals surface area contributed by atoms with Crippen LogP contribution in [0.1, 0.15) is 31.2 Å². The highest BCUT2D eigenvalue weighted by atomic mass is 16.2. The monoisotopic (exact) mass is 334 g/mol. The Bertz CT molecular complexity index is 837. The van der Waals surface area contributed by atoms with E-state index in [9.17, 15) is 10.1 Å². The van der Waals surface area contributed by atoms with Crippen LogP contribution >= 0.6 is 0 Å². The van der Waals surface area contributed by atoms with Crippen LogP contribution in [0, 0.1) is 17.2 Å². The molecule has 4 rings (SSSR count). The summed E-state index contributed by atoms with van der Waals surface area (Å²) in [6.45, 7) is 3.20. The zero-order valence-electron chi connectivity index (χ0n) is 14.3. The van der Waals surface area contributed by atoms with E-state index in [1.54, 1.807) is 0 Å². The average molecular weight is 334 g/mol. The van der Waals surface area contributed by atoms with Gasteiger partial charge in [-0.1, -0.05) is 24.6 Å². The second-order valence-corrected chi connectivity index (χ2v) is 6.95. The van der Waals surface area contributed by atoms with Gasteiger partial charge in [0.05, 0.1) is 17.1 Å². The fraction of sp³-hybridized carbons (Fsp3) is 0.450. The van der Waals surface area contributed by atoms with Crippen molar-refractivity contribution in [3.8, 4) is 6.07 Å². The number of para-hydroxylation sites is 1. The molecule has 128 valence electrons. The molecule has 0 unspecified atom stereocenters. The summed E-state index contributed by atoms with van der Waals surface area (Å²) in [6.07, 6.45) is 4.23. The summed E-state index contributed by atoms with van der Waals surface area (Å²) < 4.78 is 0. The van der Waals surface area contributed by atoms with E-state index < -0.39 is 0 Å². The van der Waals surface area contributed by atoms with Crippen molar-refractivity contribution in [2.75, 3.05) is 31.1 Å². The molecule has 5 nitrogen and oxygen atoms in total. The molecule has 25 heavy (non-hydrogen) atoms. The van der Waals surface area contributed by atoms with Gasteiger partial charge >= 0.3 is 0 Å². The molecule has 1 aromatic carbocycles. The summed E-state index contributed by atoms with van der Waals surface area (Å²) >= 11 is 0. The minimum atomic E-state index is 0.260. The Kier molecular flexibility index (Phi) is 4.27. The largest absolute Gasteiger partial charge is 0.355 e. The minimum absolute atomic E-state index is 0.260. The van der Waals surface area contributed by atoms with Gasteiger partial charge in [0.1, 0.15) is 5.82 Å². The SMILES string of the molecule is N#Cc1cc(N2CCCN(C(=O)C3CCC3)CC2)nc2ccccc12. The van der Waals surface area contributed by atoms with E-state index in [0.717, 1.165) is 62.2 Å². The van der Waals surface area contributed by atoms with Gasteiger partial charge in [0.25, 0.3) is 0 Å². The molecule has 1 saturated carbocycles. The number of amides is 1. The molecule has 1 aliphatic heterocycles. The summed E-state index contributed by atoms with van der Waals surface area (Å²) in [4.78, 5) is 21.5. The molecule has 5 heteroatoms. The van der Waals surface area contributed by atoms with E-state index in [0.29, 0.717) is 11.5 Å². The van der Waals surface area contributed by atoms with Gasteiger partial charge in [-0.25, -0.2) is 4.98 Å². The number of aromatic nitrogens is 1. The Morgan fingerprint density at radius 1 is 1.12 bits per heavy atom. The van der Waals surface area contributed by atoms with E-state index in [1.165, 1.54) is 6.42 Å². The predicted octanol–water partition coefficient (Wildman–Crippen LogP) is 2.95. The molecule has 1 saturated heterocycles. The first-order chi connectivity index (χ1) is 12.3. The number of carbonyl (C=O) groups excluding carboxylic acids is 1. The van der Waals surface area contributed by atoms with Crippen LogP contribution in [0.3, 0.4) is 0 Å². The van der Waals surface area contributed by atoms with Crippen molar-refractivity contribution < 1.29 is 4.79 Å². The lowest BCUT2D eigenvalue weighted by Gasteiger charge is -2.31. The molecule has 0 radical (unpaired) electrons. The van der Waals surface area contributed by atoms with Gasteiger partial charge in [-0.15, -0.1) is 0 Å². The Morgan fingerprint density at radius 2 is 1.96 bits per heavy atom. The number of rotatable bonds is 2. The van der Waals surface area contributed by atoms with Gasteiger partial charge in [-0.3, -0.25) is 4.79 Å². The molecular formula is C20H22N4O. The third-order valence-corrected chi connectivity index (χ3v) is 5.41. The molecule has 0 N–H and O–H groups in total. The van der Waals surface area contributed by atoms with Crippen LogP contribution in [0.5, 0.6) is 0 Å². The van der Waals surface area contributed by atoms with E-state index in [2.05, 4.69) is 11.0 Å². The van der Waals surface area contributed by atoms with E-state index in [4.69, 9.17) is 4.98 Å². The van der Waals surface area contributed by atoms with Gasteiger partial charge < -0.3 is 9.80 Å². The first kappa shape index (κ1) is 15.9. The van der Waals surface area contributed by atoms with Gasteiger partial charge in [0, 0.05) is 37.5 Å². The topological polar surface area (TPSA) is 60.2 Å². The number of nitrogens with zero attached hydrogens (tertiary/aromatic N) is 4. The fourth-order valence-corrected chi connectivity index (χ4v) is 3.70. The first-order valence-corrected chi connectivity index (χ1v) is 9.10. The summed E-state index contributed by atoms with van der Waals surface area (Å²) in [6, 6.07) is 11.9. The molecule has 2 aromatic rings. The number of pyridine rings is 1. The van der Waals surface area contributed by atoms with Crippen molar-refractivity contribution in [3.63, 3.8) is 0 Å². The fourth-order valence-electron chi connectivity index (χ4n) is 3.70. The van der Waals surface area contributed by atoms with Gasteiger partial charge in [0.2, 0.25) is 5.91 Å². The second-order valence-electron chi connectivity index (χ2n) is 6.95. The normalized spacial score (nSPS) is 18.5. The van der Waals surface area contributed by atoms with Crippen LogP contribution in [-0.2, 0) is 4.79 Å². The van der Waals surface area contributed by atoms with Crippen LogP contribution in [0.15, 0.2) is 30.3 Å². The number of fused-ring (bicyclic) bond motifs is 1. The standard InChI is InChI=1S/C20H22N4O/c21-14-16-13-19(22-18-8-2-1-7-17(16)18)23-9-4-10-24(12-11-23)20(25)15-5-3-6-15/h1-2,7-8,13,15H,3-6,9-12H2. The average Bonchev–Trinajstić information content (AvgIpc) is 2.85. The third kappa shape index (κ3) is 3.05. The Hall–Kier alpha value is -2.61. The second kappa shape index (κ2) is 6.72. The molecule has 0 bridgehead atoms. The minimum Gasteiger partial charge on any atom is -0.355 e. The van der Waals surface area contributed by atoms with Crippen LogP contribution in [0.25, 0.3) is 10.9 Å². The maximum absolute atomic E-state index is 12.5. The van der Waals surface area contributed by atoms with Crippen molar-refractivity contribution in [1.82, 2.24) is 9.88 Å². The Balaban J connectivity index is 1.55. The number of anilines is 1. The van der Waals surface area contributed by atoms with Crippen LogP contribution in [-0.4, -0.2) is 42.0 Å². The molecule has 2 heterocycles. The molecular weight excluding hydrogens is 312 g/mol. The highest BCUT2D eigenvalue weighted by Gasteiger charge is 2.30. The highest BCUT2D eigenvalue weighted by Crippen LogP contribution is 2.29. The molecule has 0 atom stereocenters. The lowest BCUT2D eigenvalue weighted by atomic mass is 9.84. The quantitative estimate of drug-likeness (QED) is 0.847. The van der Waals surface area contributed by atoms with E-state index >= 15 is 0 Å². The smallest absolute Gasteiger partial charge is 0.225 e. The van der Waals surface area contributed by atoms with Crippen molar-refractivity contribution in [1.29, 1.82) is 5.26 Å². The maximum Gasteiger partial charge on any atom is 0.225 e. The number of hydrogen-bond donors (Lipinski definition) is 0. The molecule has 1 aromatic heterocycles. The van der Waals surface area contributed by atoms with Crippen molar-refractivity contribution in [3.05, 3.63) is 35.9 Å². The lowest BCUT2D eigenvalue weighted by molar-refractivity contribution is -0.137. The summed E-state index contributed by atoms with van der Waals surface area (Å²) in [7, 11) is 0. The van der Waals surface area contributed by atoms with Gasteiger partial charge in [-0.2, -0.15) is 5.26 Å². The zero-order valence-corrected chi connectivity index (χ0v) is 14.3. The van der Waals surface area contributed by atoms with Crippen molar-refractivity contribution in [2.45, 2.75) is 25.7 Å². The van der Waals surface area contributed by atoms with Gasteiger partial charge in [0.15, 0.2) is 0 Å². The molecule has 2 fully saturated rings. The van der Waals surface area contributed by atoms with E-state index in [1.807, 2.05) is 35.2 Å².